The van der Waals surface area contributed by atoms with Crippen LogP contribution < -0.4 is 10.9 Å². The molecule has 1 aromatic carbocycles. The van der Waals surface area contributed by atoms with Crippen LogP contribution in [0, 0.1) is 0 Å². The van der Waals surface area contributed by atoms with E-state index in [-0.39, 0.29) is 29.4 Å². The average Bonchev–Trinajstić information content (AvgIpc) is 2.71. The Balaban J connectivity index is 1.75. The Bertz CT molecular complexity index is 926. The van der Waals surface area contributed by atoms with E-state index in [2.05, 4.69) is 10.3 Å². The highest BCUT2D eigenvalue weighted by molar-refractivity contribution is 7.99. The first kappa shape index (κ1) is 23.1. The fourth-order valence-electron chi connectivity index (χ4n) is 3.67. The second kappa shape index (κ2) is 11.2. The largest absolute Gasteiger partial charge is 0.379 e. The quantitative estimate of drug-likeness (QED) is 0.347. The van der Waals surface area contributed by atoms with E-state index in [4.69, 9.17) is 16.3 Å². The highest BCUT2D eigenvalue weighted by Crippen LogP contribution is 2.22. The summed E-state index contributed by atoms with van der Waals surface area (Å²) in [5.41, 5.74) is 0.439. The van der Waals surface area contributed by atoms with Crippen LogP contribution in [-0.2, 0) is 16.1 Å². The number of carbonyl (C=O) groups is 1. The van der Waals surface area contributed by atoms with Gasteiger partial charge in [-0.05, 0) is 51.3 Å². The van der Waals surface area contributed by atoms with Crippen LogP contribution >= 0.6 is 23.4 Å². The van der Waals surface area contributed by atoms with Crippen molar-refractivity contribution in [2.75, 3.05) is 12.4 Å². The second-order valence-corrected chi connectivity index (χ2v) is 9.36. The van der Waals surface area contributed by atoms with Gasteiger partial charge in [0, 0.05) is 24.2 Å². The van der Waals surface area contributed by atoms with Crippen molar-refractivity contribution < 1.29 is 9.53 Å². The summed E-state index contributed by atoms with van der Waals surface area (Å²) in [5.74, 6) is 0.222. The van der Waals surface area contributed by atoms with E-state index in [1.165, 1.54) is 31.0 Å². The van der Waals surface area contributed by atoms with Gasteiger partial charge < -0.3 is 10.1 Å². The van der Waals surface area contributed by atoms with Crippen LogP contribution in [-0.4, -0.2) is 40.0 Å². The Labute approximate surface area is 186 Å². The number of thioether (sulfide) groups is 1. The fraction of sp³-hybridized carbons (Fsp3) is 0.591. The van der Waals surface area contributed by atoms with Crippen molar-refractivity contribution in [3.8, 4) is 0 Å². The number of nitrogens with one attached hydrogen (secondary N) is 1. The average molecular weight is 452 g/mol. The van der Waals surface area contributed by atoms with Gasteiger partial charge in [-0.1, -0.05) is 42.6 Å². The number of carbonyl (C=O) groups excluding carboxylic acids is 1. The van der Waals surface area contributed by atoms with Gasteiger partial charge in [0.25, 0.3) is 5.56 Å². The number of ether oxygens (including phenoxy) is 1. The third-order valence-corrected chi connectivity index (χ3v) is 6.37. The molecule has 6 nitrogen and oxygen atoms in total. The van der Waals surface area contributed by atoms with E-state index < -0.39 is 0 Å². The molecule has 1 amide bonds. The van der Waals surface area contributed by atoms with Gasteiger partial charge in [-0.15, -0.1) is 0 Å². The lowest BCUT2D eigenvalue weighted by molar-refractivity contribution is -0.119. The molecule has 1 heterocycles. The van der Waals surface area contributed by atoms with Gasteiger partial charge in [0.15, 0.2) is 5.16 Å². The molecule has 0 radical (unpaired) electrons. The van der Waals surface area contributed by atoms with Crippen molar-refractivity contribution in [3.63, 3.8) is 0 Å². The number of nitrogens with zero attached hydrogens (tertiary/aromatic N) is 2. The monoisotopic (exact) mass is 451 g/mol. The number of hydrogen-bond donors (Lipinski definition) is 1. The van der Waals surface area contributed by atoms with Crippen molar-refractivity contribution >= 4 is 40.2 Å². The normalized spacial score (nSPS) is 15.1. The van der Waals surface area contributed by atoms with Crippen LogP contribution in [0.1, 0.15) is 52.4 Å². The van der Waals surface area contributed by atoms with Crippen molar-refractivity contribution in [2.45, 2.75) is 76.2 Å². The first-order chi connectivity index (χ1) is 14.4. The third-order valence-electron chi connectivity index (χ3n) is 5.16. The number of amides is 1. The molecule has 1 fully saturated rings. The van der Waals surface area contributed by atoms with Gasteiger partial charge in [-0.3, -0.25) is 14.2 Å². The molecule has 0 atom stereocenters. The summed E-state index contributed by atoms with van der Waals surface area (Å²) in [6, 6.07) is 5.36. The van der Waals surface area contributed by atoms with E-state index in [0.29, 0.717) is 40.7 Å². The summed E-state index contributed by atoms with van der Waals surface area (Å²) < 4.78 is 7.26. The summed E-state index contributed by atoms with van der Waals surface area (Å²) >= 11 is 7.39. The fourth-order valence-corrected chi connectivity index (χ4v) is 4.67. The lowest BCUT2D eigenvalue weighted by Crippen LogP contribution is -2.37. The SMILES string of the molecule is CC(C)OCCCn1c(SCC(=O)NC2CCCCC2)nc2cc(Cl)ccc2c1=O. The molecule has 2 aromatic rings. The first-order valence-electron chi connectivity index (χ1n) is 10.7. The van der Waals surface area contributed by atoms with Gasteiger partial charge in [-0.25, -0.2) is 4.98 Å². The van der Waals surface area contributed by atoms with Crippen LogP contribution in [0.5, 0.6) is 0 Å². The molecule has 1 aliphatic carbocycles. The van der Waals surface area contributed by atoms with Crippen molar-refractivity contribution in [2.24, 2.45) is 0 Å². The van der Waals surface area contributed by atoms with Gasteiger partial charge in [-0.2, -0.15) is 0 Å². The van der Waals surface area contributed by atoms with Gasteiger partial charge in [0.05, 0.1) is 22.8 Å². The van der Waals surface area contributed by atoms with Crippen LogP contribution in [0.25, 0.3) is 10.9 Å². The minimum atomic E-state index is -0.114. The maximum Gasteiger partial charge on any atom is 0.262 e. The number of fused-ring (bicyclic) bond motifs is 1. The molecule has 1 saturated carbocycles. The zero-order chi connectivity index (χ0) is 21.5. The summed E-state index contributed by atoms with van der Waals surface area (Å²) in [4.78, 5) is 30.2. The Morgan fingerprint density at radius 2 is 2.10 bits per heavy atom. The van der Waals surface area contributed by atoms with Crippen LogP contribution in [0.3, 0.4) is 0 Å². The lowest BCUT2D eigenvalue weighted by atomic mass is 9.95. The van der Waals surface area contributed by atoms with Gasteiger partial charge in [0.2, 0.25) is 5.91 Å². The van der Waals surface area contributed by atoms with E-state index in [9.17, 15) is 9.59 Å². The molecule has 3 rings (SSSR count). The molecule has 0 aliphatic heterocycles. The smallest absolute Gasteiger partial charge is 0.262 e. The molecule has 1 aliphatic rings. The predicted octanol–water partition coefficient (Wildman–Crippen LogP) is 4.41. The standard InChI is InChI=1S/C22H30ClN3O3S/c1-15(2)29-12-6-11-26-21(28)18-10-9-16(23)13-19(18)25-22(26)30-14-20(27)24-17-7-4-3-5-8-17/h9-10,13,15,17H,3-8,11-12,14H2,1-2H3,(H,24,27). The molecule has 1 N–H and O–H groups in total. The minimum absolute atomic E-state index is 0.0120. The zero-order valence-electron chi connectivity index (χ0n) is 17.7. The summed E-state index contributed by atoms with van der Waals surface area (Å²) in [6.07, 6.45) is 6.52. The van der Waals surface area contributed by atoms with Gasteiger partial charge in [0.1, 0.15) is 0 Å². The minimum Gasteiger partial charge on any atom is -0.379 e. The summed E-state index contributed by atoms with van der Waals surface area (Å²) in [7, 11) is 0. The molecule has 1 aromatic heterocycles. The Morgan fingerprint density at radius 3 is 2.83 bits per heavy atom. The molecule has 8 heteroatoms. The highest BCUT2D eigenvalue weighted by atomic mass is 35.5. The maximum absolute atomic E-state index is 13.1. The number of hydrogen-bond acceptors (Lipinski definition) is 5. The van der Waals surface area contributed by atoms with Crippen molar-refractivity contribution in [1.29, 1.82) is 0 Å². The Morgan fingerprint density at radius 1 is 1.33 bits per heavy atom. The Kier molecular flexibility index (Phi) is 8.60. The molecule has 30 heavy (non-hydrogen) atoms. The van der Waals surface area contributed by atoms with Gasteiger partial charge >= 0.3 is 0 Å². The van der Waals surface area contributed by atoms with E-state index in [1.54, 1.807) is 22.8 Å². The molecule has 0 saturated heterocycles. The number of rotatable bonds is 9. The molecular weight excluding hydrogens is 422 g/mol. The molecule has 0 unspecified atom stereocenters. The Hall–Kier alpha value is -1.57. The third kappa shape index (κ3) is 6.46. The maximum atomic E-state index is 13.1. The van der Waals surface area contributed by atoms with Crippen molar-refractivity contribution in [3.05, 3.63) is 33.6 Å². The van der Waals surface area contributed by atoms with Crippen LogP contribution in [0.4, 0.5) is 0 Å². The lowest BCUT2D eigenvalue weighted by Gasteiger charge is -2.22. The molecular formula is C22H30ClN3O3S. The van der Waals surface area contributed by atoms with Crippen LogP contribution in [0.2, 0.25) is 5.02 Å². The second-order valence-electron chi connectivity index (χ2n) is 7.98. The van der Waals surface area contributed by atoms with E-state index in [1.807, 2.05) is 13.8 Å². The first-order valence-corrected chi connectivity index (χ1v) is 12.0. The number of aromatic nitrogens is 2. The van der Waals surface area contributed by atoms with Crippen LogP contribution in [0.15, 0.2) is 28.2 Å². The zero-order valence-corrected chi connectivity index (χ0v) is 19.2. The topological polar surface area (TPSA) is 73.2 Å². The summed E-state index contributed by atoms with van der Waals surface area (Å²) in [6.45, 7) is 5.03. The summed E-state index contributed by atoms with van der Waals surface area (Å²) in [5, 5.41) is 4.72. The van der Waals surface area contributed by atoms with Crippen molar-refractivity contribution in [1.82, 2.24) is 14.9 Å². The molecule has 0 spiro atoms. The van der Waals surface area contributed by atoms with E-state index in [0.717, 1.165) is 12.8 Å². The predicted molar refractivity (Wildman–Crippen MR) is 122 cm³/mol. The number of halogens is 1. The molecule has 0 bridgehead atoms. The molecule has 164 valence electrons. The van der Waals surface area contributed by atoms with E-state index >= 15 is 0 Å². The number of benzene rings is 1. The highest BCUT2D eigenvalue weighted by Gasteiger charge is 2.17.